The molecule has 0 saturated carbocycles. The molecule has 4 rings (SSSR count). The summed E-state index contributed by atoms with van der Waals surface area (Å²) in [5.74, 6) is 0.567. The Morgan fingerprint density at radius 1 is 1.24 bits per heavy atom. The number of hydrazine groups is 1. The maximum Gasteiger partial charge on any atom is 0.417 e. The number of hydrogen-bond acceptors (Lipinski definition) is 8. The van der Waals surface area contributed by atoms with E-state index in [9.17, 15) is 18.0 Å². The Bertz CT molecular complexity index is 1200. The Labute approximate surface area is 223 Å². The van der Waals surface area contributed by atoms with Crippen LogP contribution in [0.5, 0.6) is 5.75 Å². The highest BCUT2D eigenvalue weighted by Gasteiger charge is 2.36. The number of carbonyl (C=O) groups is 1. The van der Waals surface area contributed by atoms with Crippen molar-refractivity contribution in [2.24, 2.45) is 10.7 Å². The van der Waals surface area contributed by atoms with Gasteiger partial charge in [0.1, 0.15) is 18.0 Å². The van der Waals surface area contributed by atoms with Crippen molar-refractivity contribution in [2.45, 2.75) is 57.7 Å². The third kappa shape index (κ3) is 6.73. The van der Waals surface area contributed by atoms with Gasteiger partial charge in [0.25, 0.3) is 0 Å². The van der Waals surface area contributed by atoms with Gasteiger partial charge in [-0.25, -0.2) is 9.79 Å². The van der Waals surface area contributed by atoms with Gasteiger partial charge in [-0.3, -0.25) is 5.43 Å². The molecule has 1 amide bonds. The number of anilines is 1. The minimum atomic E-state index is -4.66. The average Bonchev–Trinajstić information content (AvgIpc) is 3.45. The quantitative estimate of drug-likeness (QED) is 0.401. The van der Waals surface area contributed by atoms with Crippen molar-refractivity contribution in [3.8, 4) is 16.9 Å². The zero-order valence-corrected chi connectivity index (χ0v) is 21.9. The molecule has 0 aliphatic carbocycles. The maximum absolute atomic E-state index is 14.0. The Kier molecular flexibility index (Phi) is 7.84. The van der Waals surface area contributed by atoms with Crippen LogP contribution in [-0.4, -0.2) is 48.0 Å². The van der Waals surface area contributed by atoms with Gasteiger partial charge in [-0.1, -0.05) is 23.7 Å². The second-order valence-electron chi connectivity index (χ2n) is 10.0. The predicted molar refractivity (Wildman–Crippen MR) is 139 cm³/mol. The number of alkyl halides is 3. The first kappa shape index (κ1) is 27.6. The van der Waals surface area contributed by atoms with Gasteiger partial charge in [0, 0.05) is 17.8 Å². The number of rotatable bonds is 6. The topological polar surface area (TPSA) is 113 Å². The number of benzene rings is 2. The molecule has 5 N–H and O–H groups in total. The molecule has 0 spiro atoms. The highest BCUT2D eigenvalue weighted by Crippen LogP contribution is 2.43. The molecule has 2 aliphatic heterocycles. The molecule has 1 saturated heterocycles. The molecule has 38 heavy (non-hydrogen) atoms. The number of nitrogens with zero attached hydrogens (tertiary/aromatic N) is 2. The summed E-state index contributed by atoms with van der Waals surface area (Å²) in [7, 11) is 0. The lowest BCUT2D eigenvalue weighted by Crippen LogP contribution is -2.42. The first-order chi connectivity index (χ1) is 17.8. The molecule has 206 valence electrons. The largest absolute Gasteiger partial charge is 0.491 e. The van der Waals surface area contributed by atoms with E-state index in [1.54, 1.807) is 17.0 Å². The second kappa shape index (κ2) is 10.8. The zero-order chi connectivity index (χ0) is 27.7. The number of carbonyl (C=O) groups excluding carboxylic acids is 1. The minimum Gasteiger partial charge on any atom is -0.491 e. The maximum atomic E-state index is 14.0. The van der Waals surface area contributed by atoms with Crippen molar-refractivity contribution in [3.05, 3.63) is 47.0 Å². The Morgan fingerprint density at radius 2 is 1.95 bits per heavy atom. The first-order valence-corrected chi connectivity index (χ1v) is 12.4. The summed E-state index contributed by atoms with van der Waals surface area (Å²) in [6.45, 7) is 6.25. The standard InChI is InChI=1S/C25H30ClF3N6O3/c1-24(2,3)38-23(36)35-10-4-5-16(35)13-37-17-8-6-14(7-9-17)20-18(25(27,28)29)11-15(12-19(20)26)31-22-32-21(30)33-34-22/h6-9,11-12,16,22,31,34H,4-5,10,13H2,1-3H3,(H3,30,32,33)/t16-,22?/m1/s1. The summed E-state index contributed by atoms with van der Waals surface area (Å²) >= 11 is 6.35. The number of hydrogen-bond donors (Lipinski definition) is 4. The third-order valence-corrected chi connectivity index (χ3v) is 6.19. The van der Waals surface area contributed by atoms with E-state index in [2.05, 4.69) is 21.2 Å². The summed E-state index contributed by atoms with van der Waals surface area (Å²) in [5.41, 5.74) is 9.50. The Balaban J connectivity index is 1.48. The van der Waals surface area contributed by atoms with Gasteiger partial charge < -0.3 is 25.4 Å². The van der Waals surface area contributed by atoms with Gasteiger partial charge in [0.15, 0.2) is 6.29 Å². The van der Waals surface area contributed by atoms with Gasteiger partial charge >= 0.3 is 12.3 Å². The minimum absolute atomic E-state index is 0.0853. The first-order valence-electron chi connectivity index (χ1n) is 12.0. The van der Waals surface area contributed by atoms with E-state index < -0.39 is 23.6 Å². The van der Waals surface area contributed by atoms with Gasteiger partial charge in [0.05, 0.1) is 16.6 Å². The van der Waals surface area contributed by atoms with Crippen molar-refractivity contribution in [1.82, 2.24) is 15.8 Å². The lowest BCUT2D eigenvalue weighted by molar-refractivity contribution is -0.137. The van der Waals surface area contributed by atoms with Gasteiger partial charge in [0.2, 0.25) is 5.96 Å². The fourth-order valence-corrected chi connectivity index (χ4v) is 4.59. The Morgan fingerprint density at radius 3 is 2.55 bits per heavy atom. The SMILES string of the molecule is CC(C)(C)OC(=O)N1CCC[C@@H]1COc1ccc(-c2c(Cl)cc(NC3N=C(N)NN3)cc2C(F)(F)F)cc1. The van der Waals surface area contributed by atoms with Crippen LogP contribution < -0.4 is 26.6 Å². The molecule has 1 unspecified atom stereocenters. The summed E-state index contributed by atoms with van der Waals surface area (Å²) in [6, 6.07) is 8.42. The smallest absolute Gasteiger partial charge is 0.417 e. The van der Waals surface area contributed by atoms with Crippen LogP contribution in [0.25, 0.3) is 11.1 Å². The number of likely N-dealkylation sites (tertiary alicyclic amines) is 1. The molecule has 2 atom stereocenters. The zero-order valence-electron chi connectivity index (χ0n) is 21.2. The molecule has 2 aliphatic rings. The van der Waals surface area contributed by atoms with E-state index in [4.69, 9.17) is 26.8 Å². The van der Waals surface area contributed by atoms with Crippen molar-refractivity contribution in [3.63, 3.8) is 0 Å². The summed E-state index contributed by atoms with van der Waals surface area (Å²) in [6.07, 6.45) is -4.19. The van der Waals surface area contributed by atoms with E-state index in [1.165, 1.54) is 18.2 Å². The number of nitrogens with one attached hydrogen (secondary N) is 3. The van der Waals surface area contributed by atoms with Crippen LogP contribution in [0.15, 0.2) is 41.4 Å². The number of ether oxygens (including phenoxy) is 2. The number of nitrogens with two attached hydrogens (primary N) is 1. The molecule has 9 nitrogen and oxygen atoms in total. The summed E-state index contributed by atoms with van der Waals surface area (Å²) in [4.78, 5) is 18.1. The van der Waals surface area contributed by atoms with E-state index in [1.807, 2.05) is 20.8 Å². The van der Waals surface area contributed by atoms with Crippen LogP contribution in [0.2, 0.25) is 5.02 Å². The number of guanidine groups is 1. The highest BCUT2D eigenvalue weighted by atomic mass is 35.5. The predicted octanol–water partition coefficient (Wildman–Crippen LogP) is 4.92. The fraction of sp³-hybridized carbons (Fsp3) is 0.440. The molecular weight excluding hydrogens is 525 g/mol. The third-order valence-electron chi connectivity index (χ3n) is 5.89. The van der Waals surface area contributed by atoms with E-state index in [-0.39, 0.29) is 46.5 Å². The molecule has 2 aromatic rings. The van der Waals surface area contributed by atoms with E-state index in [0.717, 1.165) is 18.9 Å². The summed E-state index contributed by atoms with van der Waals surface area (Å²) < 4.78 is 53.4. The highest BCUT2D eigenvalue weighted by molar-refractivity contribution is 6.33. The average molecular weight is 555 g/mol. The van der Waals surface area contributed by atoms with E-state index >= 15 is 0 Å². The lowest BCUT2D eigenvalue weighted by Gasteiger charge is -2.28. The molecule has 0 radical (unpaired) electrons. The molecule has 0 bridgehead atoms. The number of aliphatic imine (C=N–C) groups is 1. The van der Waals surface area contributed by atoms with Crippen molar-refractivity contribution >= 4 is 29.3 Å². The van der Waals surface area contributed by atoms with Crippen LogP contribution in [0.1, 0.15) is 39.2 Å². The van der Waals surface area contributed by atoms with Crippen LogP contribution in [-0.2, 0) is 10.9 Å². The molecule has 1 fully saturated rings. The molecule has 2 heterocycles. The Hall–Kier alpha value is -3.38. The normalized spacial score (nSPS) is 19.7. The monoisotopic (exact) mass is 554 g/mol. The van der Waals surface area contributed by atoms with Gasteiger partial charge in [-0.2, -0.15) is 18.6 Å². The summed E-state index contributed by atoms with van der Waals surface area (Å²) in [5, 5.41) is 2.71. The number of halogens is 4. The lowest BCUT2D eigenvalue weighted by atomic mass is 9.98. The van der Waals surface area contributed by atoms with Crippen molar-refractivity contribution in [2.75, 3.05) is 18.5 Å². The van der Waals surface area contributed by atoms with Crippen LogP contribution in [0.4, 0.5) is 23.7 Å². The van der Waals surface area contributed by atoms with Gasteiger partial charge in [-0.15, -0.1) is 0 Å². The van der Waals surface area contributed by atoms with Crippen LogP contribution in [0, 0.1) is 0 Å². The molecule has 0 aromatic heterocycles. The van der Waals surface area contributed by atoms with E-state index in [0.29, 0.717) is 12.3 Å². The molecule has 13 heteroatoms. The molecule has 2 aromatic carbocycles. The van der Waals surface area contributed by atoms with Crippen LogP contribution in [0.3, 0.4) is 0 Å². The fourth-order valence-electron chi connectivity index (χ4n) is 4.26. The van der Waals surface area contributed by atoms with Gasteiger partial charge in [-0.05, 0) is 63.4 Å². The number of amides is 1. The van der Waals surface area contributed by atoms with Crippen molar-refractivity contribution in [1.29, 1.82) is 0 Å². The second-order valence-corrected chi connectivity index (χ2v) is 10.4. The molecular formula is C25H30ClF3N6O3. The van der Waals surface area contributed by atoms with Crippen LogP contribution >= 0.6 is 11.6 Å². The van der Waals surface area contributed by atoms with Crippen molar-refractivity contribution < 1.29 is 27.4 Å².